The van der Waals surface area contributed by atoms with Crippen molar-refractivity contribution in [2.75, 3.05) is 6.61 Å². The molecular weight excluding hydrogens is 298 g/mol. The highest BCUT2D eigenvalue weighted by Gasteiger charge is 2.21. The van der Waals surface area contributed by atoms with Gasteiger partial charge in [-0.25, -0.2) is 9.59 Å². The molecular formula is C17H23NO5. The van der Waals surface area contributed by atoms with Crippen molar-refractivity contribution in [1.82, 2.24) is 5.32 Å². The molecule has 1 amide bonds. The van der Waals surface area contributed by atoms with Crippen LogP contribution in [0.1, 0.15) is 26.3 Å². The number of benzene rings is 1. The SMILES string of the molecule is CC(C)(C)OC(=O)NC(/C=C/COCc1ccccc1)C(=O)O. The van der Waals surface area contributed by atoms with Crippen molar-refractivity contribution in [2.24, 2.45) is 0 Å². The van der Waals surface area contributed by atoms with Gasteiger partial charge in [-0.1, -0.05) is 42.5 Å². The van der Waals surface area contributed by atoms with Crippen LogP contribution in [0.4, 0.5) is 4.79 Å². The van der Waals surface area contributed by atoms with E-state index in [-0.39, 0.29) is 6.61 Å². The van der Waals surface area contributed by atoms with Gasteiger partial charge in [0.25, 0.3) is 0 Å². The van der Waals surface area contributed by atoms with Crippen molar-refractivity contribution in [2.45, 2.75) is 39.0 Å². The minimum absolute atomic E-state index is 0.245. The number of amides is 1. The molecule has 0 fully saturated rings. The Labute approximate surface area is 136 Å². The first-order chi connectivity index (χ1) is 10.8. The lowest BCUT2D eigenvalue weighted by atomic mass is 10.2. The summed E-state index contributed by atoms with van der Waals surface area (Å²) >= 11 is 0. The van der Waals surface area contributed by atoms with E-state index in [1.807, 2.05) is 30.3 Å². The van der Waals surface area contributed by atoms with E-state index in [0.29, 0.717) is 6.61 Å². The number of nitrogens with one attached hydrogen (secondary N) is 1. The van der Waals surface area contributed by atoms with Crippen molar-refractivity contribution in [3.63, 3.8) is 0 Å². The van der Waals surface area contributed by atoms with Gasteiger partial charge in [0.1, 0.15) is 11.6 Å². The molecule has 0 aliphatic carbocycles. The van der Waals surface area contributed by atoms with E-state index in [0.717, 1.165) is 5.56 Å². The first-order valence-electron chi connectivity index (χ1n) is 7.28. The third-order valence-electron chi connectivity index (χ3n) is 2.59. The van der Waals surface area contributed by atoms with Crippen LogP contribution < -0.4 is 5.32 Å². The Kier molecular flexibility index (Phi) is 7.28. The smallest absolute Gasteiger partial charge is 0.408 e. The molecule has 0 bridgehead atoms. The van der Waals surface area contributed by atoms with Crippen molar-refractivity contribution in [3.05, 3.63) is 48.0 Å². The van der Waals surface area contributed by atoms with Gasteiger partial charge in [0.05, 0.1) is 13.2 Å². The summed E-state index contributed by atoms with van der Waals surface area (Å²) in [5.41, 5.74) is 0.345. The van der Waals surface area contributed by atoms with Crippen molar-refractivity contribution in [3.8, 4) is 0 Å². The number of rotatable bonds is 7. The topological polar surface area (TPSA) is 84.9 Å². The number of hydrogen-bond acceptors (Lipinski definition) is 4. The summed E-state index contributed by atoms with van der Waals surface area (Å²) in [6.07, 6.45) is 2.14. The molecule has 6 nitrogen and oxygen atoms in total. The number of aliphatic carboxylic acids is 1. The van der Waals surface area contributed by atoms with E-state index < -0.39 is 23.7 Å². The van der Waals surface area contributed by atoms with Gasteiger partial charge in [-0.3, -0.25) is 0 Å². The minimum Gasteiger partial charge on any atom is -0.479 e. The van der Waals surface area contributed by atoms with E-state index in [1.165, 1.54) is 6.08 Å². The summed E-state index contributed by atoms with van der Waals surface area (Å²) in [6, 6.07) is 8.47. The average molecular weight is 321 g/mol. The number of alkyl carbamates (subject to hydrolysis) is 1. The van der Waals surface area contributed by atoms with Crippen LogP contribution in [0, 0.1) is 0 Å². The number of carbonyl (C=O) groups is 2. The Morgan fingerprint density at radius 2 is 1.91 bits per heavy atom. The summed E-state index contributed by atoms with van der Waals surface area (Å²) in [7, 11) is 0. The average Bonchev–Trinajstić information content (AvgIpc) is 2.44. The van der Waals surface area contributed by atoms with Gasteiger partial charge in [0.2, 0.25) is 0 Å². The van der Waals surface area contributed by atoms with Crippen LogP contribution in [0.3, 0.4) is 0 Å². The predicted molar refractivity (Wildman–Crippen MR) is 86.0 cm³/mol. The second-order valence-corrected chi connectivity index (χ2v) is 5.89. The van der Waals surface area contributed by atoms with Crippen LogP contribution in [0.5, 0.6) is 0 Å². The molecule has 1 aromatic rings. The maximum Gasteiger partial charge on any atom is 0.408 e. The molecule has 0 spiro atoms. The second-order valence-electron chi connectivity index (χ2n) is 5.89. The summed E-state index contributed by atoms with van der Waals surface area (Å²) in [5.74, 6) is -1.17. The van der Waals surface area contributed by atoms with Gasteiger partial charge in [0, 0.05) is 0 Å². The van der Waals surface area contributed by atoms with Crippen molar-refractivity contribution >= 4 is 12.1 Å². The quantitative estimate of drug-likeness (QED) is 0.596. The minimum atomic E-state index is -1.17. The van der Waals surface area contributed by atoms with Gasteiger partial charge in [-0.2, -0.15) is 0 Å². The zero-order chi connectivity index (χ0) is 17.3. The lowest BCUT2D eigenvalue weighted by molar-refractivity contribution is -0.138. The standard InChI is InChI=1S/C17H23NO5/c1-17(2,3)23-16(21)18-14(15(19)20)10-7-11-22-12-13-8-5-4-6-9-13/h4-10,14H,11-12H2,1-3H3,(H,18,21)(H,19,20)/b10-7+. The third kappa shape index (κ3) is 8.63. The molecule has 23 heavy (non-hydrogen) atoms. The highest BCUT2D eigenvalue weighted by Crippen LogP contribution is 2.07. The van der Waals surface area contributed by atoms with Crippen LogP contribution in [0.15, 0.2) is 42.5 Å². The summed E-state index contributed by atoms with van der Waals surface area (Å²) in [4.78, 5) is 22.7. The van der Waals surface area contributed by atoms with E-state index in [4.69, 9.17) is 14.6 Å². The molecule has 0 heterocycles. The van der Waals surface area contributed by atoms with Gasteiger partial charge >= 0.3 is 12.1 Å². The van der Waals surface area contributed by atoms with E-state index in [1.54, 1.807) is 26.8 Å². The summed E-state index contributed by atoms with van der Waals surface area (Å²) in [6.45, 7) is 5.79. The van der Waals surface area contributed by atoms with Gasteiger partial charge < -0.3 is 19.9 Å². The number of carboxylic acids is 1. The fourth-order valence-electron chi connectivity index (χ4n) is 1.64. The van der Waals surface area contributed by atoms with E-state index in [9.17, 15) is 9.59 Å². The van der Waals surface area contributed by atoms with Crippen molar-refractivity contribution in [1.29, 1.82) is 0 Å². The van der Waals surface area contributed by atoms with Crippen LogP contribution in [-0.4, -0.2) is 35.4 Å². The molecule has 0 saturated carbocycles. The van der Waals surface area contributed by atoms with Gasteiger partial charge in [0.15, 0.2) is 0 Å². The zero-order valence-corrected chi connectivity index (χ0v) is 13.6. The first-order valence-corrected chi connectivity index (χ1v) is 7.28. The zero-order valence-electron chi connectivity index (χ0n) is 13.6. The first kappa shape index (κ1) is 18.7. The molecule has 1 aromatic carbocycles. The Hall–Kier alpha value is -2.34. The van der Waals surface area contributed by atoms with Gasteiger partial charge in [-0.05, 0) is 26.3 Å². The molecule has 6 heteroatoms. The molecule has 2 N–H and O–H groups in total. The summed E-state index contributed by atoms with van der Waals surface area (Å²) < 4.78 is 10.4. The lowest BCUT2D eigenvalue weighted by Crippen LogP contribution is -2.42. The molecule has 1 atom stereocenters. The lowest BCUT2D eigenvalue weighted by Gasteiger charge is -2.21. The van der Waals surface area contributed by atoms with Crippen LogP contribution in [0.25, 0.3) is 0 Å². The molecule has 0 saturated heterocycles. The molecule has 0 aliphatic heterocycles. The normalized spacial score (nSPS) is 12.8. The Balaban J connectivity index is 2.40. The molecule has 0 aromatic heterocycles. The van der Waals surface area contributed by atoms with Gasteiger partial charge in [-0.15, -0.1) is 0 Å². The largest absolute Gasteiger partial charge is 0.479 e. The number of carboxylic acid groups (broad SMARTS) is 1. The number of hydrogen-bond donors (Lipinski definition) is 2. The third-order valence-corrected chi connectivity index (χ3v) is 2.59. The molecule has 126 valence electrons. The van der Waals surface area contributed by atoms with Crippen LogP contribution >= 0.6 is 0 Å². The molecule has 1 rings (SSSR count). The molecule has 1 unspecified atom stereocenters. The van der Waals surface area contributed by atoms with Crippen LogP contribution in [0.2, 0.25) is 0 Å². The Bertz CT molecular complexity index is 534. The number of carbonyl (C=O) groups excluding carboxylic acids is 1. The second kappa shape index (κ2) is 8.95. The number of ether oxygens (including phenoxy) is 2. The van der Waals surface area contributed by atoms with E-state index >= 15 is 0 Å². The molecule has 0 aliphatic rings. The predicted octanol–water partition coefficient (Wildman–Crippen LogP) is 2.74. The maximum atomic E-state index is 11.6. The Morgan fingerprint density at radius 1 is 1.26 bits per heavy atom. The fourth-order valence-corrected chi connectivity index (χ4v) is 1.64. The highest BCUT2D eigenvalue weighted by molar-refractivity contribution is 5.81. The monoisotopic (exact) mass is 321 g/mol. The fraction of sp³-hybridized carbons (Fsp3) is 0.412. The van der Waals surface area contributed by atoms with E-state index in [2.05, 4.69) is 5.32 Å². The maximum absolute atomic E-state index is 11.6. The molecule has 0 radical (unpaired) electrons. The Morgan fingerprint density at radius 3 is 2.48 bits per heavy atom. The highest BCUT2D eigenvalue weighted by atomic mass is 16.6. The summed E-state index contributed by atoms with van der Waals surface area (Å²) in [5, 5.41) is 11.4. The van der Waals surface area contributed by atoms with Crippen LogP contribution in [-0.2, 0) is 20.9 Å². The van der Waals surface area contributed by atoms with Crippen molar-refractivity contribution < 1.29 is 24.2 Å².